The number of hydrogen-bond acceptors (Lipinski definition) is 3. The maximum Gasteiger partial charge on any atom is 0.0328 e. The summed E-state index contributed by atoms with van der Waals surface area (Å²) in [6.45, 7) is 7.68. The number of likely N-dealkylation sites (tertiary alicyclic amines) is 1. The zero-order chi connectivity index (χ0) is 10.1. The van der Waals surface area contributed by atoms with E-state index in [1.54, 1.807) is 0 Å². The van der Waals surface area contributed by atoms with Gasteiger partial charge in [0.05, 0.1) is 0 Å². The first-order chi connectivity index (χ1) is 6.65. The van der Waals surface area contributed by atoms with Crippen LogP contribution in [0.3, 0.4) is 0 Å². The van der Waals surface area contributed by atoms with Crippen LogP contribution in [-0.4, -0.2) is 24.0 Å². The third kappa shape index (κ3) is 3.18. The quantitative estimate of drug-likeness (QED) is 0.868. The van der Waals surface area contributed by atoms with Crippen molar-refractivity contribution in [2.24, 2.45) is 11.7 Å². The summed E-state index contributed by atoms with van der Waals surface area (Å²) in [5, 5.41) is 0. The summed E-state index contributed by atoms with van der Waals surface area (Å²) >= 11 is 1.89. The van der Waals surface area contributed by atoms with E-state index in [-0.39, 0.29) is 12.4 Å². The largest absolute Gasteiger partial charge is 0.326 e. The van der Waals surface area contributed by atoms with Gasteiger partial charge >= 0.3 is 0 Å². The van der Waals surface area contributed by atoms with Crippen molar-refractivity contribution in [1.29, 1.82) is 0 Å². The molecule has 0 spiro atoms. The number of nitrogens with two attached hydrogens (primary N) is 1. The number of rotatable bonds is 2. The van der Waals surface area contributed by atoms with Gasteiger partial charge in [0.15, 0.2) is 0 Å². The Morgan fingerprint density at radius 3 is 2.67 bits per heavy atom. The Morgan fingerprint density at radius 1 is 1.47 bits per heavy atom. The van der Waals surface area contributed by atoms with Gasteiger partial charge in [-0.15, -0.1) is 23.7 Å². The predicted molar refractivity (Wildman–Crippen MR) is 68.7 cm³/mol. The molecular weight excluding hydrogens is 228 g/mol. The van der Waals surface area contributed by atoms with E-state index >= 15 is 0 Å². The Bertz CT molecular complexity index is 303. The van der Waals surface area contributed by atoms with Crippen molar-refractivity contribution >= 4 is 23.7 Å². The molecule has 2 rings (SSSR count). The van der Waals surface area contributed by atoms with E-state index in [1.165, 1.54) is 9.75 Å². The average Bonchev–Trinajstić information content (AvgIpc) is 2.62. The molecule has 1 saturated heterocycles. The van der Waals surface area contributed by atoms with Gasteiger partial charge in [0.25, 0.3) is 0 Å². The van der Waals surface area contributed by atoms with Gasteiger partial charge in [-0.05, 0) is 25.0 Å². The minimum Gasteiger partial charge on any atom is -0.326 e. The molecular formula is C11H19ClN2S. The molecule has 0 amide bonds. The highest BCUT2D eigenvalue weighted by atomic mass is 35.5. The van der Waals surface area contributed by atoms with Gasteiger partial charge in [-0.1, -0.05) is 6.92 Å². The van der Waals surface area contributed by atoms with Gasteiger partial charge in [-0.2, -0.15) is 0 Å². The van der Waals surface area contributed by atoms with E-state index in [9.17, 15) is 0 Å². The second-order valence-electron chi connectivity index (χ2n) is 4.35. The molecule has 1 aliphatic rings. The Balaban J connectivity index is 0.00000112. The zero-order valence-corrected chi connectivity index (χ0v) is 10.9. The lowest BCUT2D eigenvalue weighted by molar-refractivity contribution is 0.322. The fourth-order valence-electron chi connectivity index (χ4n) is 2.01. The molecule has 1 fully saturated rings. The SMILES string of the molecule is Cc1ccc(CN2CC(C)C(N)C2)s1.Cl. The van der Waals surface area contributed by atoms with Crippen molar-refractivity contribution in [1.82, 2.24) is 4.90 Å². The lowest BCUT2D eigenvalue weighted by atomic mass is 10.1. The predicted octanol–water partition coefficient (Wildman–Crippen LogP) is 2.26. The monoisotopic (exact) mass is 246 g/mol. The smallest absolute Gasteiger partial charge is 0.0328 e. The van der Waals surface area contributed by atoms with Crippen molar-refractivity contribution in [2.75, 3.05) is 13.1 Å². The Morgan fingerprint density at radius 2 is 2.20 bits per heavy atom. The zero-order valence-electron chi connectivity index (χ0n) is 9.27. The maximum atomic E-state index is 5.99. The molecule has 1 aromatic rings. The van der Waals surface area contributed by atoms with Crippen LogP contribution in [0.25, 0.3) is 0 Å². The molecule has 0 radical (unpaired) electrons. The van der Waals surface area contributed by atoms with Gasteiger partial charge in [0.2, 0.25) is 0 Å². The van der Waals surface area contributed by atoms with Gasteiger partial charge in [0, 0.05) is 35.4 Å². The lowest BCUT2D eigenvalue weighted by Gasteiger charge is -2.13. The second kappa shape index (κ2) is 5.30. The fourth-order valence-corrected chi connectivity index (χ4v) is 2.95. The summed E-state index contributed by atoms with van der Waals surface area (Å²) in [6, 6.07) is 4.80. The van der Waals surface area contributed by atoms with Crippen molar-refractivity contribution in [3.05, 3.63) is 21.9 Å². The van der Waals surface area contributed by atoms with Crippen LogP contribution in [0.15, 0.2) is 12.1 Å². The van der Waals surface area contributed by atoms with Gasteiger partial charge in [-0.25, -0.2) is 0 Å². The van der Waals surface area contributed by atoms with E-state index < -0.39 is 0 Å². The third-order valence-corrected chi connectivity index (χ3v) is 3.91. The molecule has 0 bridgehead atoms. The number of nitrogens with zero attached hydrogens (tertiary/aromatic N) is 1. The summed E-state index contributed by atoms with van der Waals surface area (Å²) in [7, 11) is 0. The van der Waals surface area contributed by atoms with Gasteiger partial charge < -0.3 is 5.73 Å². The normalized spacial score (nSPS) is 26.6. The highest BCUT2D eigenvalue weighted by Crippen LogP contribution is 2.21. The van der Waals surface area contributed by atoms with Crippen molar-refractivity contribution in [2.45, 2.75) is 26.4 Å². The van der Waals surface area contributed by atoms with Crippen LogP contribution in [0.1, 0.15) is 16.7 Å². The summed E-state index contributed by atoms with van der Waals surface area (Å²) in [5.74, 6) is 0.649. The van der Waals surface area contributed by atoms with E-state index in [4.69, 9.17) is 5.73 Å². The summed E-state index contributed by atoms with van der Waals surface area (Å²) < 4.78 is 0. The fraction of sp³-hybridized carbons (Fsp3) is 0.636. The number of halogens is 1. The minimum atomic E-state index is 0. The molecule has 2 N–H and O–H groups in total. The molecule has 2 heterocycles. The third-order valence-electron chi connectivity index (χ3n) is 2.92. The summed E-state index contributed by atoms with van der Waals surface area (Å²) in [6.07, 6.45) is 0. The Labute approximate surface area is 102 Å². The van der Waals surface area contributed by atoms with E-state index in [0.717, 1.165) is 19.6 Å². The van der Waals surface area contributed by atoms with Crippen LogP contribution in [0.5, 0.6) is 0 Å². The van der Waals surface area contributed by atoms with Crippen molar-refractivity contribution in [3.63, 3.8) is 0 Å². The number of thiophene rings is 1. The molecule has 0 saturated carbocycles. The van der Waals surface area contributed by atoms with Crippen LogP contribution >= 0.6 is 23.7 Å². The average molecular weight is 247 g/mol. The van der Waals surface area contributed by atoms with Crippen LogP contribution in [0, 0.1) is 12.8 Å². The second-order valence-corrected chi connectivity index (χ2v) is 5.72. The lowest BCUT2D eigenvalue weighted by Crippen LogP contribution is -2.28. The molecule has 86 valence electrons. The standard InChI is InChI=1S/C11H18N2S.ClH/c1-8-5-13(7-11(8)12)6-10-4-3-9(2)14-10;/h3-4,8,11H,5-7,12H2,1-2H3;1H. The van der Waals surface area contributed by atoms with Crippen LogP contribution in [-0.2, 0) is 6.54 Å². The molecule has 2 nitrogen and oxygen atoms in total. The molecule has 1 aromatic heterocycles. The topological polar surface area (TPSA) is 29.3 Å². The van der Waals surface area contributed by atoms with Crippen LogP contribution in [0.2, 0.25) is 0 Å². The highest BCUT2D eigenvalue weighted by Gasteiger charge is 2.26. The van der Waals surface area contributed by atoms with Gasteiger partial charge in [-0.3, -0.25) is 4.90 Å². The Hall–Kier alpha value is -0.0900. The van der Waals surface area contributed by atoms with Crippen LogP contribution in [0.4, 0.5) is 0 Å². The molecule has 2 atom stereocenters. The van der Waals surface area contributed by atoms with Crippen LogP contribution < -0.4 is 5.73 Å². The first kappa shape index (κ1) is 13.0. The molecule has 1 aliphatic heterocycles. The molecule has 0 aromatic carbocycles. The molecule has 0 aliphatic carbocycles. The summed E-state index contributed by atoms with van der Waals surface area (Å²) in [4.78, 5) is 5.32. The first-order valence-electron chi connectivity index (χ1n) is 5.18. The van der Waals surface area contributed by atoms with E-state index in [2.05, 4.69) is 30.9 Å². The maximum absolute atomic E-state index is 5.99. The van der Waals surface area contributed by atoms with E-state index in [0.29, 0.717) is 12.0 Å². The molecule has 15 heavy (non-hydrogen) atoms. The highest BCUT2D eigenvalue weighted by molar-refractivity contribution is 7.11. The van der Waals surface area contributed by atoms with Gasteiger partial charge in [0.1, 0.15) is 0 Å². The van der Waals surface area contributed by atoms with Crippen molar-refractivity contribution in [3.8, 4) is 0 Å². The summed E-state index contributed by atoms with van der Waals surface area (Å²) in [5.41, 5.74) is 5.99. The number of aryl methyl sites for hydroxylation is 1. The van der Waals surface area contributed by atoms with Crippen molar-refractivity contribution < 1.29 is 0 Å². The molecule has 2 unspecified atom stereocenters. The molecule has 4 heteroatoms. The minimum absolute atomic E-state index is 0. The first-order valence-corrected chi connectivity index (χ1v) is 6.00. The Kier molecular flexibility index (Phi) is 4.59. The van der Waals surface area contributed by atoms with E-state index in [1.807, 2.05) is 11.3 Å². The number of hydrogen-bond donors (Lipinski definition) is 1.